The van der Waals surface area contributed by atoms with Gasteiger partial charge in [0.05, 0.1) is 17.2 Å². The van der Waals surface area contributed by atoms with Gasteiger partial charge in [-0.2, -0.15) is 5.26 Å². The minimum Gasteiger partial charge on any atom is -0.449 e. The first-order chi connectivity index (χ1) is 11.4. The zero-order valence-corrected chi connectivity index (χ0v) is 13.2. The largest absolute Gasteiger partial charge is 0.449 e. The smallest absolute Gasteiger partial charge is 0.339 e. The Morgan fingerprint density at radius 2 is 1.88 bits per heavy atom. The SMILES string of the molecule is Cc1ccc(C(=O)O[C@H](C)C(=O)Nc2ccc(C#N)cc2)cc1F. The number of hydrogen-bond donors (Lipinski definition) is 1. The molecule has 2 rings (SSSR count). The van der Waals surface area contributed by atoms with Crippen LogP contribution in [0.3, 0.4) is 0 Å². The first kappa shape index (κ1) is 17.2. The van der Waals surface area contributed by atoms with Crippen molar-refractivity contribution in [3.8, 4) is 6.07 Å². The number of nitrogens with one attached hydrogen (secondary N) is 1. The lowest BCUT2D eigenvalue weighted by Crippen LogP contribution is -2.30. The van der Waals surface area contributed by atoms with Crippen LogP contribution in [0.25, 0.3) is 0 Å². The van der Waals surface area contributed by atoms with Gasteiger partial charge in [-0.1, -0.05) is 6.07 Å². The Hall–Kier alpha value is -3.20. The summed E-state index contributed by atoms with van der Waals surface area (Å²) < 4.78 is 18.5. The van der Waals surface area contributed by atoms with Gasteiger partial charge in [0.25, 0.3) is 5.91 Å². The summed E-state index contributed by atoms with van der Waals surface area (Å²) in [6.45, 7) is 3.00. The third-order valence-electron chi connectivity index (χ3n) is 3.34. The van der Waals surface area contributed by atoms with Gasteiger partial charge < -0.3 is 10.1 Å². The molecule has 0 bridgehead atoms. The highest BCUT2D eigenvalue weighted by atomic mass is 19.1. The fourth-order valence-electron chi connectivity index (χ4n) is 1.87. The molecule has 122 valence electrons. The van der Waals surface area contributed by atoms with Gasteiger partial charge in [-0.05, 0) is 55.8 Å². The Morgan fingerprint density at radius 1 is 1.21 bits per heavy atom. The number of amides is 1. The van der Waals surface area contributed by atoms with Crippen molar-refractivity contribution in [2.75, 3.05) is 5.32 Å². The van der Waals surface area contributed by atoms with E-state index in [4.69, 9.17) is 10.00 Å². The van der Waals surface area contributed by atoms with Gasteiger partial charge in [-0.15, -0.1) is 0 Å². The van der Waals surface area contributed by atoms with Crippen LogP contribution in [-0.4, -0.2) is 18.0 Å². The van der Waals surface area contributed by atoms with Crippen LogP contribution in [0, 0.1) is 24.1 Å². The Morgan fingerprint density at radius 3 is 2.46 bits per heavy atom. The predicted octanol–water partition coefficient (Wildman–Crippen LogP) is 3.19. The Labute approximate surface area is 138 Å². The number of benzene rings is 2. The molecule has 0 radical (unpaired) electrons. The Balaban J connectivity index is 1.98. The van der Waals surface area contributed by atoms with Crippen molar-refractivity contribution in [2.45, 2.75) is 20.0 Å². The number of anilines is 1. The summed E-state index contributed by atoms with van der Waals surface area (Å²) in [4.78, 5) is 24.0. The second-order valence-corrected chi connectivity index (χ2v) is 5.19. The van der Waals surface area contributed by atoms with Crippen LogP contribution in [0.4, 0.5) is 10.1 Å². The molecule has 24 heavy (non-hydrogen) atoms. The van der Waals surface area contributed by atoms with Gasteiger partial charge in [0.1, 0.15) is 5.82 Å². The number of nitrogens with zero attached hydrogens (tertiary/aromatic N) is 1. The summed E-state index contributed by atoms with van der Waals surface area (Å²) in [5, 5.41) is 11.3. The van der Waals surface area contributed by atoms with Crippen molar-refractivity contribution in [1.29, 1.82) is 5.26 Å². The van der Waals surface area contributed by atoms with Gasteiger partial charge in [0.15, 0.2) is 6.10 Å². The Kier molecular flexibility index (Phi) is 5.27. The summed E-state index contributed by atoms with van der Waals surface area (Å²) in [6, 6.07) is 12.2. The minimum absolute atomic E-state index is 0.0381. The van der Waals surface area contributed by atoms with Crippen molar-refractivity contribution in [3.05, 3.63) is 65.0 Å². The van der Waals surface area contributed by atoms with Crippen LogP contribution in [0.15, 0.2) is 42.5 Å². The molecule has 5 nitrogen and oxygen atoms in total. The van der Waals surface area contributed by atoms with Crippen molar-refractivity contribution in [3.63, 3.8) is 0 Å². The van der Waals surface area contributed by atoms with Crippen LogP contribution < -0.4 is 5.32 Å². The van der Waals surface area contributed by atoms with E-state index in [0.717, 1.165) is 6.07 Å². The summed E-state index contributed by atoms with van der Waals surface area (Å²) >= 11 is 0. The molecule has 0 spiro atoms. The number of rotatable bonds is 4. The lowest BCUT2D eigenvalue weighted by molar-refractivity contribution is -0.123. The van der Waals surface area contributed by atoms with Crippen LogP contribution in [0.5, 0.6) is 0 Å². The lowest BCUT2D eigenvalue weighted by Gasteiger charge is -2.13. The molecule has 0 aliphatic rings. The van der Waals surface area contributed by atoms with E-state index in [1.54, 1.807) is 31.2 Å². The Bertz CT molecular complexity index is 810. The molecule has 0 unspecified atom stereocenters. The second-order valence-electron chi connectivity index (χ2n) is 5.19. The van der Waals surface area contributed by atoms with Gasteiger partial charge in [-0.25, -0.2) is 9.18 Å². The summed E-state index contributed by atoms with van der Waals surface area (Å²) in [5.41, 5.74) is 1.39. The zero-order valence-electron chi connectivity index (χ0n) is 13.2. The van der Waals surface area contributed by atoms with Crippen molar-refractivity contribution in [1.82, 2.24) is 0 Å². The maximum absolute atomic E-state index is 13.5. The fraction of sp³-hybridized carbons (Fsp3) is 0.167. The van der Waals surface area contributed by atoms with Crippen molar-refractivity contribution >= 4 is 17.6 Å². The number of carbonyl (C=O) groups is 2. The van der Waals surface area contributed by atoms with Crippen LogP contribution in [0.2, 0.25) is 0 Å². The average Bonchev–Trinajstić information content (AvgIpc) is 2.57. The molecule has 1 N–H and O–H groups in total. The molecular formula is C18H15FN2O3. The van der Waals surface area contributed by atoms with E-state index in [1.807, 2.05) is 6.07 Å². The number of ether oxygens (including phenoxy) is 1. The molecule has 0 aliphatic carbocycles. The molecule has 0 aliphatic heterocycles. The quantitative estimate of drug-likeness (QED) is 0.875. The highest BCUT2D eigenvalue weighted by Gasteiger charge is 2.19. The van der Waals surface area contributed by atoms with E-state index < -0.39 is 23.8 Å². The fourth-order valence-corrected chi connectivity index (χ4v) is 1.87. The normalized spacial score (nSPS) is 11.2. The van der Waals surface area contributed by atoms with Gasteiger partial charge in [0, 0.05) is 5.69 Å². The van der Waals surface area contributed by atoms with Crippen LogP contribution in [-0.2, 0) is 9.53 Å². The number of halogens is 1. The number of nitriles is 1. The highest BCUT2D eigenvalue weighted by molar-refractivity contribution is 5.97. The van der Waals surface area contributed by atoms with Crippen LogP contribution in [0.1, 0.15) is 28.4 Å². The van der Waals surface area contributed by atoms with Crippen molar-refractivity contribution in [2.24, 2.45) is 0 Å². The average molecular weight is 326 g/mol. The van der Waals surface area contributed by atoms with E-state index in [0.29, 0.717) is 16.8 Å². The maximum atomic E-state index is 13.5. The standard InChI is InChI=1S/C18H15FN2O3/c1-11-3-6-14(9-16(11)19)18(23)24-12(2)17(22)21-15-7-4-13(10-20)5-8-15/h3-9,12H,1-2H3,(H,21,22)/t12-/m1/s1. The summed E-state index contributed by atoms with van der Waals surface area (Å²) in [6.07, 6.45) is -1.06. The predicted molar refractivity (Wildman–Crippen MR) is 85.8 cm³/mol. The van der Waals surface area contributed by atoms with Gasteiger partial charge >= 0.3 is 5.97 Å². The topological polar surface area (TPSA) is 79.2 Å². The zero-order chi connectivity index (χ0) is 17.7. The molecular weight excluding hydrogens is 311 g/mol. The molecule has 0 heterocycles. The number of hydrogen-bond acceptors (Lipinski definition) is 4. The molecule has 0 saturated heterocycles. The monoisotopic (exact) mass is 326 g/mol. The molecule has 2 aromatic rings. The van der Waals surface area contributed by atoms with E-state index in [-0.39, 0.29) is 5.56 Å². The first-order valence-corrected chi connectivity index (χ1v) is 7.19. The van der Waals surface area contributed by atoms with Gasteiger partial charge in [-0.3, -0.25) is 4.79 Å². The number of aryl methyl sites for hydroxylation is 1. The second kappa shape index (κ2) is 7.38. The number of carbonyl (C=O) groups excluding carboxylic acids is 2. The summed E-state index contributed by atoms with van der Waals surface area (Å²) in [7, 11) is 0. The van der Waals surface area contributed by atoms with E-state index in [2.05, 4.69) is 5.32 Å². The maximum Gasteiger partial charge on any atom is 0.339 e. The third kappa shape index (κ3) is 4.17. The number of esters is 1. The molecule has 0 saturated carbocycles. The van der Waals surface area contributed by atoms with Crippen molar-refractivity contribution < 1.29 is 18.7 Å². The minimum atomic E-state index is -1.06. The third-order valence-corrected chi connectivity index (χ3v) is 3.34. The van der Waals surface area contributed by atoms with Gasteiger partial charge in [0.2, 0.25) is 0 Å². The molecule has 2 aromatic carbocycles. The summed E-state index contributed by atoms with van der Waals surface area (Å²) in [5.74, 6) is -1.82. The molecule has 0 aromatic heterocycles. The molecule has 1 amide bonds. The van der Waals surface area contributed by atoms with E-state index >= 15 is 0 Å². The van der Waals surface area contributed by atoms with Crippen LogP contribution >= 0.6 is 0 Å². The highest BCUT2D eigenvalue weighted by Crippen LogP contribution is 2.13. The van der Waals surface area contributed by atoms with E-state index in [1.165, 1.54) is 19.1 Å². The first-order valence-electron chi connectivity index (χ1n) is 7.19. The molecule has 1 atom stereocenters. The molecule has 6 heteroatoms. The van der Waals surface area contributed by atoms with E-state index in [9.17, 15) is 14.0 Å². The molecule has 0 fully saturated rings. The lowest BCUT2D eigenvalue weighted by atomic mass is 10.1.